The highest BCUT2D eigenvalue weighted by atomic mass is 79.9. The quantitative estimate of drug-likeness (QED) is 0.272. The minimum atomic E-state index is 0.806. The number of hydrogen-bond donors (Lipinski definition) is 0. The Hall–Kier alpha value is -2.96. The van der Waals surface area contributed by atoms with Crippen LogP contribution in [0, 0.1) is 0 Å². The molecule has 0 fully saturated rings. The Morgan fingerprint density at radius 3 is 2.40 bits per heavy atom. The lowest BCUT2D eigenvalue weighted by atomic mass is 10.1. The number of thioether (sulfide) groups is 1. The molecule has 0 radical (unpaired) electrons. The monoisotopic (exact) mass is 472 g/mol. The Bertz CT molecular complexity index is 1290. The van der Waals surface area contributed by atoms with E-state index in [0.29, 0.717) is 0 Å². The molecule has 2 heterocycles. The zero-order valence-corrected chi connectivity index (χ0v) is 18.3. The van der Waals surface area contributed by atoms with Gasteiger partial charge in [0.25, 0.3) is 0 Å². The molecule has 0 aliphatic rings. The second-order valence-corrected chi connectivity index (χ2v) is 8.64. The molecule has 0 saturated heterocycles. The molecule has 0 N–H and O–H groups in total. The summed E-state index contributed by atoms with van der Waals surface area (Å²) in [7, 11) is 0. The molecule has 4 nitrogen and oxygen atoms in total. The van der Waals surface area contributed by atoms with Gasteiger partial charge in [-0.15, -0.1) is 10.2 Å². The van der Waals surface area contributed by atoms with Crippen molar-refractivity contribution in [2.75, 3.05) is 0 Å². The van der Waals surface area contributed by atoms with Gasteiger partial charge >= 0.3 is 0 Å². The summed E-state index contributed by atoms with van der Waals surface area (Å²) in [5, 5.41) is 12.4. The average Bonchev–Trinajstić information content (AvgIpc) is 3.23. The van der Waals surface area contributed by atoms with E-state index in [0.717, 1.165) is 32.5 Å². The fraction of sp³-hybridized carbons (Fsp3) is 0.0417. The zero-order valence-electron chi connectivity index (χ0n) is 15.9. The van der Waals surface area contributed by atoms with Crippen molar-refractivity contribution in [3.05, 3.63) is 101 Å². The predicted molar refractivity (Wildman–Crippen MR) is 126 cm³/mol. The third kappa shape index (κ3) is 3.76. The van der Waals surface area contributed by atoms with Crippen LogP contribution in [0.25, 0.3) is 27.8 Å². The lowest BCUT2D eigenvalue weighted by Crippen LogP contribution is -2.00. The number of fused-ring (bicyclic) bond motifs is 1. The zero-order chi connectivity index (χ0) is 20.3. The van der Waals surface area contributed by atoms with Crippen molar-refractivity contribution in [1.29, 1.82) is 0 Å². The van der Waals surface area contributed by atoms with Crippen LogP contribution in [0.3, 0.4) is 0 Å². The highest BCUT2D eigenvalue weighted by Gasteiger charge is 2.16. The maximum Gasteiger partial charge on any atom is 0.196 e. The number of pyridine rings is 1. The maximum atomic E-state index is 4.53. The largest absolute Gasteiger partial charge is 0.270 e. The molecule has 0 amide bonds. The summed E-state index contributed by atoms with van der Waals surface area (Å²) < 4.78 is 3.15. The normalized spacial score (nSPS) is 11.1. The summed E-state index contributed by atoms with van der Waals surface area (Å²) in [6.07, 6.45) is 3.55. The molecular weight excluding hydrogens is 456 g/mol. The Kier molecular flexibility index (Phi) is 5.34. The fourth-order valence-electron chi connectivity index (χ4n) is 3.43. The first-order valence-electron chi connectivity index (χ1n) is 9.51. The standard InChI is InChI=1S/C24H17BrN4S/c25-20-8-10-21(11-9-20)29-23(18-12-14-26-15-13-18)27-28-24(29)30-16-19-6-3-5-17-4-1-2-7-22(17)19/h1-15H,16H2. The smallest absolute Gasteiger partial charge is 0.196 e. The van der Waals surface area contributed by atoms with Crippen molar-refractivity contribution < 1.29 is 0 Å². The SMILES string of the molecule is Brc1ccc(-n2c(SCc3cccc4ccccc34)nnc2-c2ccncc2)cc1. The van der Waals surface area contributed by atoms with Crippen LogP contribution in [0.2, 0.25) is 0 Å². The number of halogens is 1. The highest BCUT2D eigenvalue weighted by Crippen LogP contribution is 2.31. The van der Waals surface area contributed by atoms with Gasteiger partial charge in [0.1, 0.15) is 0 Å². The van der Waals surface area contributed by atoms with Gasteiger partial charge in [0.05, 0.1) is 0 Å². The number of nitrogens with zero attached hydrogens (tertiary/aromatic N) is 4. The predicted octanol–water partition coefficient (Wildman–Crippen LogP) is 6.54. The van der Waals surface area contributed by atoms with E-state index in [1.54, 1.807) is 24.2 Å². The van der Waals surface area contributed by atoms with Gasteiger partial charge in [-0.05, 0) is 52.7 Å². The molecule has 0 bridgehead atoms. The van der Waals surface area contributed by atoms with Gasteiger partial charge < -0.3 is 0 Å². The maximum absolute atomic E-state index is 4.53. The number of rotatable bonds is 5. The minimum Gasteiger partial charge on any atom is -0.270 e. The van der Waals surface area contributed by atoms with Crippen LogP contribution < -0.4 is 0 Å². The summed E-state index contributed by atoms with van der Waals surface area (Å²) in [5.41, 5.74) is 3.29. The minimum absolute atomic E-state index is 0.806. The van der Waals surface area contributed by atoms with Crippen LogP contribution in [0.1, 0.15) is 5.56 Å². The van der Waals surface area contributed by atoms with Crippen LogP contribution in [-0.2, 0) is 5.75 Å². The molecule has 0 unspecified atom stereocenters. The third-order valence-corrected chi connectivity index (χ3v) is 6.40. The molecule has 6 heteroatoms. The van der Waals surface area contributed by atoms with E-state index in [-0.39, 0.29) is 0 Å². The van der Waals surface area contributed by atoms with Crippen LogP contribution in [-0.4, -0.2) is 19.7 Å². The van der Waals surface area contributed by atoms with Gasteiger partial charge in [0, 0.05) is 33.9 Å². The molecular formula is C24H17BrN4S. The molecule has 0 saturated carbocycles. The van der Waals surface area contributed by atoms with Gasteiger partial charge in [-0.1, -0.05) is 70.2 Å². The van der Waals surface area contributed by atoms with Crippen LogP contribution in [0.15, 0.2) is 101 Å². The van der Waals surface area contributed by atoms with Crippen LogP contribution in [0.4, 0.5) is 0 Å². The number of benzene rings is 3. The van der Waals surface area contributed by atoms with E-state index >= 15 is 0 Å². The Labute approximate surface area is 187 Å². The highest BCUT2D eigenvalue weighted by molar-refractivity contribution is 9.10. The van der Waals surface area contributed by atoms with Gasteiger partial charge in [-0.3, -0.25) is 9.55 Å². The van der Waals surface area contributed by atoms with E-state index < -0.39 is 0 Å². The number of aromatic nitrogens is 4. The summed E-state index contributed by atoms with van der Waals surface area (Å²) >= 11 is 5.21. The summed E-state index contributed by atoms with van der Waals surface area (Å²) in [6.45, 7) is 0. The first kappa shape index (κ1) is 19.0. The molecule has 2 aromatic heterocycles. The van der Waals surface area contributed by atoms with Crippen molar-refractivity contribution in [1.82, 2.24) is 19.7 Å². The Morgan fingerprint density at radius 2 is 1.57 bits per heavy atom. The van der Waals surface area contributed by atoms with Crippen LogP contribution >= 0.6 is 27.7 Å². The van der Waals surface area contributed by atoms with E-state index in [9.17, 15) is 0 Å². The van der Waals surface area contributed by atoms with Gasteiger partial charge in [0.15, 0.2) is 11.0 Å². The third-order valence-electron chi connectivity index (χ3n) is 4.89. The van der Waals surface area contributed by atoms with E-state index in [4.69, 9.17) is 0 Å². The molecule has 0 aliphatic heterocycles. The molecule has 146 valence electrons. The van der Waals surface area contributed by atoms with Gasteiger partial charge in [0.2, 0.25) is 0 Å². The summed E-state index contributed by atoms with van der Waals surface area (Å²) in [5.74, 6) is 1.62. The molecule has 5 rings (SSSR count). The van der Waals surface area contributed by atoms with Crippen molar-refractivity contribution in [3.63, 3.8) is 0 Å². The molecule has 3 aromatic carbocycles. The summed E-state index contributed by atoms with van der Waals surface area (Å²) in [4.78, 5) is 4.13. The fourth-order valence-corrected chi connectivity index (χ4v) is 4.66. The molecule has 0 atom stereocenters. The number of hydrogen-bond acceptors (Lipinski definition) is 4. The molecule has 0 aliphatic carbocycles. The first-order valence-corrected chi connectivity index (χ1v) is 11.3. The Balaban J connectivity index is 1.55. The van der Waals surface area contributed by atoms with E-state index in [1.807, 2.05) is 24.3 Å². The molecule has 0 spiro atoms. The lowest BCUT2D eigenvalue weighted by Gasteiger charge is -2.11. The summed E-state index contributed by atoms with van der Waals surface area (Å²) in [6, 6.07) is 27.0. The second kappa shape index (κ2) is 8.42. The van der Waals surface area contributed by atoms with Crippen molar-refractivity contribution >= 4 is 38.5 Å². The van der Waals surface area contributed by atoms with E-state index in [2.05, 4.69) is 90.3 Å². The van der Waals surface area contributed by atoms with Gasteiger partial charge in [-0.2, -0.15) is 0 Å². The van der Waals surface area contributed by atoms with Gasteiger partial charge in [-0.25, -0.2) is 0 Å². The second-order valence-electron chi connectivity index (χ2n) is 6.78. The topological polar surface area (TPSA) is 43.6 Å². The molecule has 30 heavy (non-hydrogen) atoms. The first-order chi connectivity index (χ1) is 14.8. The lowest BCUT2D eigenvalue weighted by molar-refractivity contribution is 0.886. The van der Waals surface area contributed by atoms with Crippen molar-refractivity contribution in [2.24, 2.45) is 0 Å². The van der Waals surface area contributed by atoms with Crippen molar-refractivity contribution in [2.45, 2.75) is 10.9 Å². The Morgan fingerprint density at radius 1 is 0.800 bits per heavy atom. The van der Waals surface area contributed by atoms with Crippen molar-refractivity contribution in [3.8, 4) is 17.1 Å². The average molecular weight is 473 g/mol. The van der Waals surface area contributed by atoms with E-state index in [1.165, 1.54) is 16.3 Å². The molecule has 5 aromatic rings. The van der Waals surface area contributed by atoms with Crippen LogP contribution in [0.5, 0.6) is 0 Å².